The Hall–Kier alpha value is -13.2. The zero-order valence-electron chi connectivity index (χ0n) is 66.8. The number of hydrogen-bond donors (Lipinski definition) is 7. The summed E-state index contributed by atoms with van der Waals surface area (Å²) in [6.07, 6.45) is 3.26. The van der Waals surface area contributed by atoms with Crippen LogP contribution >= 0.6 is 0 Å². The van der Waals surface area contributed by atoms with E-state index in [4.69, 9.17) is 14.2 Å². The average Bonchev–Trinajstić information content (AvgIpc) is 1.75. The van der Waals surface area contributed by atoms with E-state index in [-0.39, 0.29) is 66.9 Å². The lowest BCUT2D eigenvalue weighted by atomic mass is 10.1. The lowest BCUT2D eigenvalue weighted by Crippen LogP contribution is -2.58. The van der Waals surface area contributed by atoms with Gasteiger partial charge >= 0.3 is 0 Å². The zero-order chi connectivity index (χ0) is 86.5. The van der Waals surface area contributed by atoms with Crippen LogP contribution < -0.4 is 50.2 Å². The number of nitrogens with one attached hydrogen (secondary N) is 7. The van der Waals surface area contributed by atoms with Crippen LogP contribution in [0.2, 0.25) is 0 Å². The number of carbonyl (C=O) groups is 3. The minimum absolute atomic E-state index is 0.0241. The first-order chi connectivity index (χ1) is 58.9. The van der Waals surface area contributed by atoms with E-state index in [9.17, 15) is 53.9 Å². The van der Waals surface area contributed by atoms with Gasteiger partial charge in [-0.05, 0) is 125 Å². The van der Waals surface area contributed by atoms with Gasteiger partial charge in [0, 0.05) is 164 Å². The molecule has 18 rings (SSSR count). The number of halogens is 12. The normalized spacial score (nSPS) is 16.9. The first-order valence-electron chi connectivity index (χ1n) is 39.4. The van der Waals surface area contributed by atoms with Crippen LogP contribution in [0.1, 0.15) is 55.1 Å². The molecule has 39 heteroatoms. The first-order valence-corrected chi connectivity index (χ1v) is 39.4. The quantitative estimate of drug-likeness (QED) is 0.0371. The van der Waals surface area contributed by atoms with Crippen LogP contribution in [0, 0.1) is 55.7 Å². The third-order valence-corrected chi connectivity index (χ3v) is 21.7. The highest BCUT2D eigenvalue weighted by molar-refractivity contribution is 6.04. The van der Waals surface area contributed by atoms with E-state index in [2.05, 4.69) is 105 Å². The average molecular weight is 1710 g/mol. The number of fused-ring (bicyclic) bond motifs is 3. The smallest absolute Gasteiger partial charge is 0.282 e. The highest BCUT2D eigenvalue weighted by Crippen LogP contribution is 2.43. The molecule has 6 aliphatic heterocycles. The van der Waals surface area contributed by atoms with E-state index in [1.54, 1.807) is 45.0 Å². The number of likely N-dealkylation sites (N-methyl/N-ethyl adjacent to an activating group) is 2. The number of aromatic nitrogens is 9. The number of hydrogen-bond acceptors (Lipinski definition) is 21. The van der Waals surface area contributed by atoms with Gasteiger partial charge < -0.3 is 89.6 Å². The molecule has 27 nitrogen and oxygen atoms in total. The number of H-pyrrole nitrogens is 3. The molecular formula is C84H81F12N21O6. The highest BCUT2D eigenvalue weighted by Gasteiger charge is 2.50. The summed E-state index contributed by atoms with van der Waals surface area (Å²) >= 11 is 0. The molecule has 0 atom stereocenters. The van der Waals surface area contributed by atoms with Gasteiger partial charge in [-0.1, -0.05) is 6.92 Å². The number of benzene rings is 6. The minimum Gasteiger partial charge on any atom is -0.435 e. The van der Waals surface area contributed by atoms with Crippen LogP contribution in [0.5, 0.6) is 34.9 Å². The molecule has 3 amide bonds. The number of aryl methyl sites for hydroxylation is 3. The van der Waals surface area contributed by atoms with Crippen LogP contribution in [-0.2, 0) is 0 Å². The van der Waals surface area contributed by atoms with E-state index < -0.39 is 145 Å². The van der Waals surface area contributed by atoms with Crippen LogP contribution in [0.15, 0.2) is 128 Å². The maximum Gasteiger partial charge on any atom is 0.282 e. The lowest BCUT2D eigenvalue weighted by Gasteiger charge is -2.38. The Morgan fingerprint density at radius 3 is 0.967 bits per heavy atom. The number of piperazine rings is 3. The molecule has 0 unspecified atom stereocenters. The number of anilines is 9. The summed E-state index contributed by atoms with van der Waals surface area (Å²) in [5.74, 6) is -19.3. The molecule has 642 valence electrons. The van der Waals surface area contributed by atoms with Crippen LogP contribution in [-0.4, -0.2) is 236 Å². The zero-order valence-corrected chi connectivity index (χ0v) is 66.8. The predicted octanol–water partition coefficient (Wildman–Crippen LogP) is 14.8. The van der Waals surface area contributed by atoms with E-state index in [0.717, 1.165) is 154 Å². The molecule has 0 saturated carbocycles. The summed E-state index contributed by atoms with van der Waals surface area (Å²) in [6, 6.07) is 29.2. The van der Waals surface area contributed by atoms with Crippen molar-refractivity contribution >= 4 is 102 Å². The second kappa shape index (κ2) is 34.0. The molecule has 0 spiro atoms. The third-order valence-electron chi connectivity index (χ3n) is 21.7. The van der Waals surface area contributed by atoms with Crippen molar-refractivity contribution < 1.29 is 81.3 Å². The van der Waals surface area contributed by atoms with Crippen LogP contribution in [0.4, 0.5) is 104 Å². The number of carbonyl (C=O) groups excluding carboxylic acids is 3. The standard InChI is InChI=1S/C29H29F4N7O2.C28H27F4N7O2.C27H25F4N7O2/c1-3-38-8-10-39(11-9-38)19-6-4-18(5-7-19)37-26-23(28(41)40-14-29(32,33)15-40)27(35-16-34-26)42-22-13-21(30)25-20(24(22)31)12-17(2)36-25;1-16-11-19-23(30)21(12-20(29)24(19)35-16)41-26-22(27(40)39-13-28(31,32)14-39)25(33-15-34-26)36-17-3-5-18(6-4-17)38-9-7-37(2)8-10-38;1-15-10-18-22(29)20(11-19(28)23(18)35-15)40-25-21(26(39)38-12-27(30,31)13-38)24(33-14-34-25)36-16-2-4-17(5-3-16)37-8-6-32-7-9-37/h4-7,12-13,16,36H,3,8-11,14-15H2,1-2H3,(H,34,35,37);3-6,11-12,15,35H,7-10,13-14H2,1-2H3,(H,33,34,36);2-5,10-11,14,32,35H,6-9,12-13H2,1H3,(H,33,34,36). The lowest BCUT2D eigenvalue weighted by molar-refractivity contribution is -0.113. The van der Waals surface area contributed by atoms with Crippen LogP contribution in [0.25, 0.3) is 32.7 Å². The van der Waals surface area contributed by atoms with Gasteiger partial charge in [0.25, 0.3) is 35.5 Å². The molecule has 6 aliphatic rings. The largest absolute Gasteiger partial charge is 0.435 e. The molecule has 6 aromatic heterocycles. The van der Waals surface area contributed by atoms with E-state index in [0.29, 0.717) is 34.1 Å². The number of nitrogens with zero attached hydrogens (tertiary/aromatic N) is 14. The minimum atomic E-state index is -3.02. The predicted molar refractivity (Wildman–Crippen MR) is 436 cm³/mol. The summed E-state index contributed by atoms with van der Waals surface area (Å²) in [7, 11) is 2.08. The van der Waals surface area contributed by atoms with Crippen LogP contribution in [0.3, 0.4) is 0 Å². The molecule has 12 aromatic rings. The SMILES string of the molecule is CCN1CCN(c2ccc(Nc3ncnc(Oc4cc(F)c5[nH]c(C)cc5c4F)c3C(=O)N3CC(F)(F)C3)cc2)CC1.Cc1cc2c(F)c(Oc3ncnc(Nc4ccc(N5CCN(C)CC5)cc4)c3C(=O)N3CC(F)(F)C3)cc(F)c2[nH]1.Cc1cc2c(F)c(Oc3ncnc(Nc4ccc(N5CCNCC5)cc4)c3C(=O)N3CC(F)(F)C3)cc(F)c2[nH]1. The van der Waals surface area contributed by atoms with Crippen molar-refractivity contribution in [2.24, 2.45) is 0 Å². The molecule has 0 radical (unpaired) electrons. The van der Waals surface area contributed by atoms with Crippen molar-refractivity contribution in [2.75, 3.05) is 162 Å². The van der Waals surface area contributed by atoms with E-state index in [1.165, 1.54) is 18.2 Å². The number of likely N-dealkylation sites (tertiary alicyclic amines) is 3. The second-order valence-electron chi connectivity index (χ2n) is 30.8. The Balaban J connectivity index is 0.000000137. The van der Waals surface area contributed by atoms with Crippen molar-refractivity contribution in [3.8, 4) is 34.9 Å². The summed E-state index contributed by atoms with van der Waals surface area (Å²) in [6.45, 7) is 14.3. The fourth-order valence-electron chi connectivity index (χ4n) is 15.2. The molecule has 7 N–H and O–H groups in total. The Labute approximate surface area is 694 Å². The molecule has 12 heterocycles. The Morgan fingerprint density at radius 1 is 0.398 bits per heavy atom. The Morgan fingerprint density at radius 2 is 0.683 bits per heavy atom. The summed E-state index contributed by atoms with van der Waals surface area (Å²) < 4.78 is 189. The van der Waals surface area contributed by atoms with Gasteiger partial charge in [0.2, 0.25) is 17.6 Å². The third kappa shape index (κ3) is 18.0. The molecule has 6 aromatic carbocycles. The van der Waals surface area contributed by atoms with Gasteiger partial charge in [-0.2, -0.15) is 0 Å². The number of rotatable bonds is 19. The van der Waals surface area contributed by atoms with Crippen molar-refractivity contribution in [1.29, 1.82) is 0 Å². The van der Waals surface area contributed by atoms with Crippen molar-refractivity contribution in [3.05, 3.63) is 197 Å². The van der Waals surface area contributed by atoms with Gasteiger partial charge in [-0.15, -0.1) is 0 Å². The fourth-order valence-corrected chi connectivity index (χ4v) is 15.2. The summed E-state index contributed by atoms with van der Waals surface area (Å²) in [5, 5.41) is 12.3. The van der Waals surface area contributed by atoms with Crippen molar-refractivity contribution in [3.63, 3.8) is 0 Å². The van der Waals surface area contributed by atoms with Gasteiger partial charge in [0.1, 0.15) is 35.7 Å². The van der Waals surface area contributed by atoms with Gasteiger partial charge in [-0.3, -0.25) is 14.4 Å². The Bertz CT molecular complexity index is 5960. The second-order valence-corrected chi connectivity index (χ2v) is 30.8. The summed E-state index contributed by atoms with van der Waals surface area (Å²) in [4.78, 5) is 87.1. The molecule has 123 heavy (non-hydrogen) atoms. The molecule has 0 bridgehead atoms. The highest BCUT2D eigenvalue weighted by atomic mass is 19.3. The van der Waals surface area contributed by atoms with E-state index in [1.807, 2.05) is 48.5 Å². The maximum absolute atomic E-state index is 15.3. The Kier molecular flexibility index (Phi) is 23.1. The van der Waals surface area contributed by atoms with Crippen molar-refractivity contribution in [2.45, 2.75) is 45.5 Å². The number of aromatic amines is 3. The molecular weight excluding hydrogens is 1630 g/mol. The number of ether oxygens (including phenoxy) is 3. The molecule has 6 fully saturated rings. The fraction of sp³-hybridized carbons (Fsp3) is 0.321. The topological polar surface area (TPSA) is 278 Å². The van der Waals surface area contributed by atoms with Gasteiger partial charge in [-0.25, -0.2) is 82.6 Å². The monoisotopic (exact) mass is 1710 g/mol. The number of alkyl halides is 6. The van der Waals surface area contributed by atoms with E-state index >= 15 is 13.2 Å². The van der Waals surface area contributed by atoms with Crippen molar-refractivity contribution in [1.82, 2.24) is 74.7 Å². The molecule has 0 aliphatic carbocycles. The summed E-state index contributed by atoms with van der Waals surface area (Å²) in [5.41, 5.74) is 5.46. The first kappa shape index (κ1) is 83.5. The van der Waals surface area contributed by atoms with Gasteiger partial charge in [0.15, 0.2) is 69.6 Å². The maximum atomic E-state index is 15.3. The number of amides is 3. The van der Waals surface area contributed by atoms with Gasteiger partial charge in [0.05, 0.1) is 55.8 Å². The molecule has 6 saturated heterocycles.